The van der Waals surface area contributed by atoms with E-state index >= 15 is 0 Å². The van der Waals surface area contributed by atoms with Crippen molar-refractivity contribution in [2.24, 2.45) is 0 Å². The molecule has 0 saturated carbocycles. The highest BCUT2D eigenvalue weighted by molar-refractivity contribution is 6.34. The summed E-state index contributed by atoms with van der Waals surface area (Å²) in [4.78, 5) is 27.6. The Balaban J connectivity index is 1.53. The molecule has 1 aliphatic heterocycles. The minimum atomic E-state index is -0.288. The molecule has 158 valence electrons. The monoisotopic (exact) mass is 433 g/mol. The zero-order valence-corrected chi connectivity index (χ0v) is 18.0. The summed E-state index contributed by atoms with van der Waals surface area (Å²) < 4.78 is 0. The molecular formula is C25H24ClN3O2. The SMILES string of the molecule is CNC1CCCN(C(=O)c2ccc(NC(=O)c3ccccc3Cl)cc2)c2ccccc21. The van der Waals surface area contributed by atoms with Gasteiger partial charge in [-0.05, 0) is 67.9 Å². The molecule has 1 aliphatic rings. The number of hydrogen-bond acceptors (Lipinski definition) is 3. The number of rotatable bonds is 4. The Morgan fingerprint density at radius 2 is 1.68 bits per heavy atom. The number of nitrogens with zero attached hydrogens (tertiary/aromatic N) is 1. The van der Waals surface area contributed by atoms with E-state index in [-0.39, 0.29) is 17.9 Å². The van der Waals surface area contributed by atoms with Crippen LogP contribution in [0.4, 0.5) is 11.4 Å². The molecule has 0 fully saturated rings. The topological polar surface area (TPSA) is 61.4 Å². The summed E-state index contributed by atoms with van der Waals surface area (Å²) >= 11 is 6.10. The van der Waals surface area contributed by atoms with Crippen molar-refractivity contribution < 1.29 is 9.59 Å². The summed E-state index contributed by atoms with van der Waals surface area (Å²) in [7, 11) is 1.95. The quantitative estimate of drug-likeness (QED) is 0.587. The van der Waals surface area contributed by atoms with Crippen LogP contribution in [0.2, 0.25) is 5.02 Å². The molecule has 0 saturated heterocycles. The molecule has 0 aliphatic carbocycles. The Hall–Kier alpha value is -3.15. The number of amides is 2. The van der Waals surface area contributed by atoms with Crippen LogP contribution in [0.3, 0.4) is 0 Å². The van der Waals surface area contributed by atoms with Crippen LogP contribution in [0.25, 0.3) is 0 Å². The van der Waals surface area contributed by atoms with Gasteiger partial charge in [0.15, 0.2) is 0 Å². The molecule has 31 heavy (non-hydrogen) atoms. The maximum Gasteiger partial charge on any atom is 0.258 e. The lowest BCUT2D eigenvalue weighted by atomic mass is 10.0. The van der Waals surface area contributed by atoms with E-state index in [1.807, 2.05) is 30.1 Å². The predicted molar refractivity (Wildman–Crippen MR) is 125 cm³/mol. The number of para-hydroxylation sites is 1. The normalized spacial score (nSPS) is 15.7. The molecule has 1 atom stereocenters. The molecular weight excluding hydrogens is 410 g/mol. The van der Waals surface area contributed by atoms with E-state index in [4.69, 9.17) is 11.6 Å². The Bertz CT molecular complexity index is 1100. The third-order valence-corrected chi connectivity index (χ3v) is 5.91. The molecule has 0 bridgehead atoms. The van der Waals surface area contributed by atoms with E-state index in [0.717, 1.165) is 24.1 Å². The largest absolute Gasteiger partial charge is 0.322 e. The summed E-state index contributed by atoms with van der Waals surface area (Å²) in [6.07, 6.45) is 1.89. The lowest BCUT2D eigenvalue weighted by Crippen LogP contribution is -2.31. The Kier molecular flexibility index (Phi) is 6.35. The van der Waals surface area contributed by atoms with Crippen LogP contribution in [0.1, 0.15) is 45.2 Å². The fourth-order valence-electron chi connectivity index (χ4n) is 3.96. The summed E-state index contributed by atoms with van der Waals surface area (Å²) in [5, 5.41) is 6.58. The first-order valence-electron chi connectivity index (χ1n) is 10.3. The van der Waals surface area contributed by atoms with E-state index in [9.17, 15) is 9.59 Å². The molecule has 6 heteroatoms. The summed E-state index contributed by atoms with van der Waals surface area (Å²) in [6.45, 7) is 0.666. The van der Waals surface area contributed by atoms with Crippen molar-refractivity contribution in [2.45, 2.75) is 18.9 Å². The molecule has 3 aromatic rings. The van der Waals surface area contributed by atoms with Crippen molar-refractivity contribution in [1.29, 1.82) is 0 Å². The number of nitrogens with one attached hydrogen (secondary N) is 2. The maximum atomic E-state index is 13.3. The third kappa shape index (κ3) is 4.48. The second kappa shape index (κ2) is 9.33. The standard InChI is InChI=1S/C25H24ClN3O2/c1-27-22-10-6-16-29(23-11-5-3-8-20(22)23)25(31)17-12-14-18(15-13-17)28-24(30)19-7-2-4-9-21(19)26/h2-5,7-9,11-15,22,27H,6,10,16H2,1H3,(H,28,30). The molecule has 2 N–H and O–H groups in total. The second-order valence-electron chi connectivity index (χ2n) is 7.51. The highest BCUT2D eigenvalue weighted by atomic mass is 35.5. The second-order valence-corrected chi connectivity index (χ2v) is 7.92. The van der Waals surface area contributed by atoms with Gasteiger partial charge in [0, 0.05) is 29.5 Å². The zero-order valence-electron chi connectivity index (χ0n) is 17.3. The van der Waals surface area contributed by atoms with Crippen LogP contribution in [0.15, 0.2) is 72.8 Å². The smallest absolute Gasteiger partial charge is 0.258 e. The number of carbonyl (C=O) groups excluding carboxylic acids is 2. The minimum Gasteiger partial charge on any atom is -0.322 e. The first kappa shape index (κ1) is 21.1. The number of halogens is 1. The van der Waals surface area contributed by atoms with Gasteiger partial charge in [-0.3, -0.25) is 9.59 Å². The number of benzene rings is 3. The van der Waals surface area contributed by atoms with Crippen molar-refractivity contribution in [3.05, 3.63) is 94.5 Å². The Labute approximate surface area is 187 Å². The molecule has 0 aromatic heterocycles. The number of hydrogen-bond donors (Lipinski definition) is 2. The first-order valence-corrected chi connectivity index (χ1v) is 10.7. The van der Waals surface area contributed by atoms with Gasteiger partial charge in [-0.1, -0.05) is 41.9 Å². The first-order chi connectivity index (χ1) is 15.1. The number of carbonyl (C=O) groups is 2. The molecule has 2 amide bonds. The van der Waals surface area contributed by atoms with Gasteiger partial charge in [0.05, 0.1) is 10.6 Å². The van der Waals surface area contributed by atoms with Gasteiger partial charge in [0.25, 0.3) is 11.8 Å². The summed E-state index contributed by atoms with van der Waals surface area (Å²) in [5.74, 6) is -0.336. The third-order valence-electron chi connectivity index (χ3n) is 5.58. The van der Waals surface area contributed by atoms with Crippen molar-refractivity contribution >= 4 is 34.8 Å². The molecule has 5 nitrogen and oxygen atoms in total. The van der Waals surface area contributed by atoms with Crippen LogP contribution >= 0.6 is 11.6 Å². The van der Waals surface area contributed by atoms with Gasteiger partial charge < -0.3 is 15.5 Å². The fourth-order valence-corrected chi connectivity index (χ4v) is 4.19. The highest BCUT2D eigenvalue weighted by Gasteiger charge is 2.26. The molecule has 4 rings (SSSR count). The molecule has 3 aromatic carbocycles. The van der Waals surface area contributed by atoms with Gasteiger partial charge in [0.2, 0.25) is 0 Å². The predicted octanol–water partition coefficient (Wildman–Crippen LogP) is 5.29. The average molecular weight is 434 g/mol. The highest BCUT2D eigenvalue weighted by Crippen LogP contribution is 2.33. The minimum absolute atomic E-state index is 0.0480. The van der Waals surface area contributed by atoms with Crippen LogP contribution in [-0.4, -0.2) is 25.4 Å². The Morgan fingerprint density at radius 1 is 0.968 bits per heavy atom. The van der Waals surface area contributed by atoms with Crippen LogP contribution in [0.5, 0.6) is 0 Å². The average Bonchev–Trinajstić information content (AvgIpc) is 2.99. The molecule has 1 unspecified atom stereocenters. The van der Waals surface area contributed by atoms with E-state index in [0.29, 0.717) is 28.4 Å². The fraction of sp³-hybridized carbons (Fsp3) is 0.200. The van der Waals surface area contributed by atoms with Crippen molar-refractivity contribution in [3.8, 4) is 0 Å². The van der Waals surface area contributed by atoms with Gasteiger partial charge in [-0.15, -0.1) is 0 Å². The molecule has 0 radical (unpaired) electrons. The van der Waals surface area contributed by atoms with E-state index in [2.05, 4.69) is 16.7 Å². The van der Waals surface area contributed by atoms with Crippen LogP contribution in [0, 0.1) is 0 Å². The Morgan fingerprint density at radius 3 is 2.42 bits per heavy atom. The maximum absolute atomic E-state index is 13.3. The van der Waals surface area contributed by atoms with Crippen molar-refractivity contribution in [3.63, 3.8) is 0 Å². The van der Waals surface area contributed by atoms with E-state index in [1.54, 1.807) is 48.5 Å². The van der Waals surface area contributed by atoms with Crippen LogP contribution < -0.4 is 15.5 Å². The summed E-state index contributed by atoms with van der Waals surface area (Å²) in [6, 6.07) is 22.1. The number of anilines is 2. The van der Waals surface area contributed by atoms with E-state index in [1.165, 1.54) is 0 Å². The van der Waals surface area contributed by atoms with Gasteiger partial charge in [-0.2, -0.15) is 0 Å². The van der Waals surface area contributed by atoms with Gasteiger partial charge in [0.1, 0.15) is 0 Å². The lowest BCUT2D eigenvalue weighted by molar-refractivity contribution is 0.0985. The van der Waals surface area contributed by atoms with Crippen molar-refractivity contribution in [2.75, 3.05) is 23.8 Å². The van der Waals surface area contributed by atoms with E-state index < -0.39 is 0 Å². The number of fused-ring (bicyclic) bond motifs is 1. The summed E-state index contributed by atoms with van der Waals surface area (Å²) in [5.41, 5.74) is 3.67. The molecule has 1 heterocycles. The van der Waals surface area contributed by atoms with Gasteiger partial charge in [-0.25, -0.2) is 0 Å². The van der Waals surface area contributed by atoms with Crippen molar-refractivity contribution in [1.82, 2.24) is 5.32 Å². The lowest BCUT2D eigenvalue weighted by Gasteiger charge is -2.24. The van der Waals surface area contributed by atoms with Gasteiger partial charge >= 0.3 is 0 Å². The molecule has 0 spiro atoms. The van der Waals surface area contributed by atoms with Crippen LogP contribution in [-0.2, 0) is 0 Å². The zero-order chi connectivity index (χ0) is 21.8.